The third-order valence-electron chi connectivity index (χ3n) is 5.55. The molecular formula is C22H24F3NO2Si. The number of benzene rings is 2. The number of aromatic nitrogens is 1. The van der Waals surface area contributed by atoms with E-state index in [4.69, 9.17) is 4.74 Å². The predicted molar refractivity (Wildman–Crippen MR) is 112 cm³/mol. The summed E-state index contributed by atoms with van der Waals surface area (Å²) < 4.78 is 47.5. The van der Waals surface area contributed by atoms with Crippen molar-refractivity contribution in [2.45, 2.75) is 40.4 Å². The molecule has 0 radical (unpaired) electrons. The highest BCUT2D eigenvalue weighted by Gasteiger charge is 2.33. The van der Waals surface area contributed by atoms with Gasteiger partial charge in [-0.3, -0.25) is 0 Å². The van der Waals surface area contributed by atoms with E-state index in [2.05, 4.69) is 0 Å². The van der Waals surface area contributed by atoms with E-state index in [9.17, 15) is 18.0 Å². The number of ether oxygens (including phenoxy) is 1. The molecule has 0 N–H and O–H groups in total. The largest absolute Gasteiger partial charge is 0.461 e. The van der Waals surface area contributed by atoms with Crippen LogP contribution in [-0.2, 0) is 17.5 Å². The molecule has 0 aliphatic heterocycles. The summed E-state index contributed by atoms with van der Waals surface area (Å²) in [6.45, 7) is 7.69. The molecule has 2 aromatic carbocycles. The standard InChI is InChI=1S/C22H24F3NO2Si/c1-5-28-21(27)19-13(3)18-14(4)20(29)12(2)10-17(18)26(19)11-15-8-6-7-9-16(15)22(23,24)25/h6-10H,5,11H2,1-4,29H3. The van der Waals surface area contributed by atoms with Gasteiger partial charge in [-0.2, -0.15) is 13.2 Å². The number of carbonyl (C=O) groups excluding carboxylic acids is 1. The Hall–Kier alpha value is -2.54. The third-order valence-corrected chi connectivity index (χ3v) is 7.09. The van der Waals surface area contributed by atoms with Gasteiger partial charge in [-0.15, -0.1) is 0 Å². The zero-order chi connectivity index (χ0) is 21.5. The van der Waals surface area contributed by atoms with Crippen molar-refractivity contribution in [1.82, 2.24) is 4.57 Å². The molecule has 0 unspecified atom stereocenters. The Morgan fingerprint density at radius 3 is 2.41 bits per heavy atom. The molecule has 0 aliphatic rings. The van der Waals surface area contributed by atoms with Crippen molar-refractivity contribution in [3.63, 3.8) is 0 Å². The number of alkyl halides is 3. The van der Waals surface area contributed by atoms with Crippen LogP contribution in [-0.4, -0.2) is 27.4 Å². The monoisotopic (exact) mass is 419 g/mol. The zero-order valence-electron chi connectivity index (χ0n) is 17.2. The number of hydrogen-bond acceptors (Lipinski definition) is 2. The van der Waals surface area contributed by atoms with E-state index in [-0.39, 0.29) is 18.7 Å². The first-order chi connectivity index (χ1) is 13.6. The topological polar surface area (TPSA) is 31.2 Å². The lowest BCUT2D eigenvalue weighted by molar-refractivity contribution is -0.138. The van der Waals surface area contributed by atoms with E-state index in [1.165, 1.54) is 17.3 Å². The van der Waals surface area contributed by atoms with Gasteiger partial charge >= 0.3 is 12.1 Å². The van der Waals surface area contributed by atoms with Gasteiger partial charge in [0, 0.05) is 27.7 Å². The molecule has 1 aromatic heterocycles. The molecule has 3 rings (SSSR count). The van der Waals surface area contributed by atoms with Crippen molar-refractivity contribution in [2.24, 2.45) is 0 Å². The van der Waals surface area contributed by atoms with Gasteiger partial charge < -0.3 is 9.30 Å². The van der Waals surface area contributed by atoms with E-state index in [1.54, 1.807) is 17.6 Å². The SMILES string of the molecule is CCOC(=O)c1c(C)c2c(C)c([SiH3])c(C)cc2n1Cc1ccccc1C(F)(F)F. The maximum atomic E-state index is 13.5. The average Bonchev–Trinajstić information content (AvgIpc) is 2.91. The van der Waals surface area contributed by atoms with Crippen LogP contribution in [0.15, 0.2) is 30.3 Å². The highest BCUT2D eigenvalue weighted by Crippen LogP contribution is 2.35. The lowest BCUT2D eigenvalue weighted by Gasteiger charge is -2.16. The normalized spacial score (nSPS) is 12.0. The predicted octanol–water partition coefficient (Wildman–Crippen LogP) is 3.80. The highest BCUT2D eigenvalue weighted by molar-refractivity contribution is 6.35. The smallest absolute Gasteiger partial charge is 0.416 e. The number of carbonyl (C=O) groups is 1. The minimum absolute atomic E-state index is 0.0620. The number of halogens is 3. The van der Waals surface area contributed by atoms with Gasteiger partial charge in [0.1, 0.15) is 5.69 Å². The van der Waals surface area contributed by atoms with Crippen LogP contribution in [0.3, 0.4) is 0 Å². The highest BCUT2D eigenvalue weighted by atomic mass is 28.1. The lowest BCUT2D eigenvalue weighted by Crippen LogP contribution is -2.17. The molecule has 3 nitrogen and oxygen atoms in total. The summed E-state index contributed by atoms with van der Waals surface area (Å²) in [5, 5.41) is 2.16. The second kappa shape index (κ2) is 7.70. The van der Waals surface area contributed by atoms with Crippen LogP contribution in [0.25, 0.3) is 10.9 Å². The van der Waals surface area contributed by atoms with E-state index in [0.717, 1.165) is 43.9 Å². The van der Waals surface area contributed by atoms with Crippen molar-refractivity contribution in [3.05, 3.63) is 63.8 Å². The van der Waals surface area contributed by atoms with Crippen LogP contribution in [0.5, 0.6) is 0 Å². The van der Waals surface area contributed by atoms with Gasteiger partial charge in [0.15, 0.2) is 0 Å². The van der Waals surface area contributed by atoms with Gasteiger partial charge in [-0.05, 0) is 56.5 Å². The van der Waals surface area contributed by atoms with Gasteiger partial charge in [0.2, 0.25) is 0 Å². The Bertz CT molecular complexity index is 1100. The van der Waals surface area contributed by atoms with Gasteiger partial charge in [-0.1, -0.05) is 28.9 Å². The third kappa shape index (κ3) is 3.71. The lowest BCUT2D eigenvalue weighted by atomic mass is 10.0. The number of hydrogen-bond donors (Lipinski definition) is 0. The number of esters is 1. The van der Waals surface area contributed by atoms with Crippen LogP contribution in [0.4, 0.5) is 13.2 Å². The van der Waals surface area contributed by atoms with Crippen molar-refractivity contribution < 1.29 is 22.7 Å². The molecule has 0 bridgehead atoms. The Kier molecular flexibility index (Phi) is 5.62. The number of fused-ring (bicyclic) bond motifs is 1. The number of aryl methyl sites for hydroxylation is 3. The fourth-order valence-corrected chi connectivity index (χ4v) is 4.31. The van der Waals surface area contributed by atoms with Crippen LogP contribution < -0.4 is 5.19 Å². The van der Waals surface area contributed by atoms with Crippen LogP contribution in [0.2, 0.25) is 0 Å². The van der Waals surface area contributed by atoms with Crippen LogP contribution in [0.1, 0.15) is 45.2 Å². The first-order valence-corrected chi connectivity index (χ1v) is 10.5. The molecule has 7 heteroatoms. The van der Waals surface area contributed by atoms with E-state index >= 15 is 0 Å². The number of rotatable bonds is 4. The van der Waals surface area contributed by atoms with Gasteiger partial charge in [-0.25, -0.2) is 4.79 Å². The molecule has 29 heavy (non-hydrogen) atoms. The Balaban J connectivity index is 2.32. The summed E-state index contributed by atoms with van der Waals surface area (Å²) in [5.74, 6) is -0.516. The molecule has 154 valence electrons. The molecule has 0 saturated heterocycles. The first-order valence-electron chi connectivity index (χ1n) is 9.49. The van der Waals surface area contributed by atoms with Gasteiger partial charge in [0.25, 0.3) is 0 Å². The molecule has 0 spiro atoms. The van der Waals surface area contributed by atoms with Crippen LogP contribution >= 0.6 is 0 Å². The Morgan fingerprint density at radius 2 is 1.79 bits per heavy atom. The fraction of sp³-hybridized carbons (Fsp3) is 0.318. The Labute approximate surface area is 170 Å². The van der Waals surface area contributed by atoms with Crippen LogP contribution in [0, 0.1) is 20.8 Å². The minimum atomic E-state index is -4.47. The summed E-state index contributed by atoms with van der Waals surface area (Å²) in [4.78, 5) is 12.8. The second-order valence-electron chi connectivity index (χ2n) is 7.27. The van der Waals surface area contributed by atoms with Crippen molar-refractivity contribution in [3.8, 4) is 0 Å². The quantitative estimate of drug-likeness (QED) is 0.476. The van der Waals surface area contributed by atoms with Crippen molar-refractivity contribution in [2.75, 3.05) is 6.61 Å². The first kappa shape index (κ1) is 21.2. The molecule has 0 amide bonds. The summed E-state index contributed by atoms with van der Waals surface area (Å²) in [6.07, 6.45) is -4.47. The maximum Gasteiger partial charge on any atom is 0.416 e. The zero-order valence-corrected chi connectivity index (χ0v) is 19.2. The minimum Gasteiger partial charge on any atom is -0.461 e. The molecule has 0 fully saturated rings. The maximum absolute atomic E-state index is 13.5. The average molecular weight is 420 g/mol. The summed E-state index contributed by atoms with van der Waals surface area (Å²) in [7, 11) is 0.846. The molecule has 0 atom stereocenters. The van der Waals surface area contributed by atoms with E-state index < -0.39 is 17.7 Å². The molecule has 0 saturated carbocycles. The molecule has 1 heterocycles. The van der Waals surface area contributed by atoms with Gasteiger partial charge in [0.05, 0.1) is 12.2 Å². The summed E-state index contributed by atoms with van der Waals surface area (Å²) in [5.41, 5.74) is 3.41. The molecular weight excluding hydrogens is 395 g/mol. The van der Waals surface area contributed by atoms with E-state index in [1.807, 2.05) is 26.8 Å². The van der Waals surface area contributed by atoms with Crippen molar-refractivity contribution >= 4 is 32.3 Å². The Morgan fingerprint density at radius 1 is 1.14 bits per heavy atom. The molecule has 0 aliphatic carbocycles. The van der Waals surface area contributed by atoms with Crippen molar-refractivity contribution in [1.29, 1.82) is 0 Å². The number of nitrogens with zero attached hydrogens (tertiary/aromatic N) is 1. The molecule has 3 aromatic rings. The summed E-state index contributed by atoms with van der Waals surface area (Å²) in [6, 6.07) is 7.46. The fourth-order valence-electron chi connectivity index (χ4n) is 3.92. The van der Waals surface area contributed by atoms with E-state index in [0.29, 0.717) is 5.69 Å². The summed E-state index contributed by atoms with van der Waals surface area (Å²) >= 11 is 0. The second-order valence-corrected chi connectivity index (χ2v) is 8.27.